The molecular weight excluding hydrogens is 228 g/mol. The van der Waals surface area contributed by atoms with Gasteiger partial charge in [0.2, 0.25) is 0 Å². The molecule has 4 atom stereocenters. The van der Waals surface area contributed by atoms with Gasteiger partial charge in [-0.3, -0.25) is 4.79 Å². The summed E-state index contributed by atoms with van der Waals surface area (Å²) < 4.78 is 16.2. The predicted molar refractivity (Wildman–Crippen MR) is 61.3 cm³/mol. The van der Waals surface area contributed by atoms with E-state index in [9.17, 15) is 4.79 Å². The van der Waals surface area contributed by atoms with E-state index in [1.165, 1.54) is 6.92 Å². The standard InChI is InChI=1S/C11H18O4S/c1-7-11(14-7)16-6-10-5-9(3-4-13-10)15-8(2)12/h7,9-11H,3-6H2,1-2H3. The van der Waals surface area contributed by atoms with Crippen LogP contribution in [0.25, 0.3) is 0 Å². The van der Waals surface area contributed by atoms with Crippen molar-refractivity contribution in [1.82, 2.24) is 0 Å². The first kappa shape index (κ1) is 12.2. The molecule has 0 amide bonds. The van der Waals surface area contributed by atoms with Gasteiger partial charge in [-0.25, -0.2) is 0 Å². The average Bonchev–Trinajstić information content (AvgIpc) is 2.91. The van der Waals surface area contributed by atoms with E-state index in [1.54, 1.807) is 11.8 Å². The van der Waals surface area contributed by atoms with Crippen molar-refractivity contribution in [3.05, 3.63) is 0 Å². The number of thioether (sulfide) groups is 1. The van der Waals surface area contributed by atoms with Gasteiger partial charge in [0.05, 0.1) is 18.8 Å². The number of carbonyl (C=O) groups excluding carboxylic acids is 1. The van der Waals surface area contributed by atoms with E-state index in [4.69, 9.17) is 14.2 Å². The second kappa shape index (κ2) is 5.38. The zero-order valence-corrected chi connectivity index (χ0v) is 10.5. The Balaban J connectivity index is 1.67. The summed E-state index contributed by atoms with van der Waals surface area (Å²) in [5.41, 5.74) is 0.345. The first-order chi connectivity index (χ1) is 7.65. The third-order valence-electron chi connectivity index (χ3n) is 2.75. The molecule has 4 unspecified atom stereocenters. The normalized spacial score (nSPS) is 38.1. The lowest BCUT2D eigenvalue weighted by atomic mass is 10.1. The number of hydrogen-bond donors (Lipinski definition) is 0. The van der Waals surface area contributed by atoms with Crippen molar-refractivity contribution in [2.45, 2.75) is 50.4 Å². The van der Waals surface area contributed by atoms with Gasteiger partial charge in [-0.15, -0.1) is 11.8 Å². The Morgan fingerprint density at radius 1 is 1.56 bits per heavy atom. The molecule has 0 saturated carbocycles. The highest BCUT2D eigenvalue weighted by Crippen LogP contribution is 2.34. The van der Waals surface area contributed by atoms with Crippen LogP contribution in [0.1, 0.15) is 26.7 Å². The van der Waals surface area contributed by atoms with Gasteiger partial charge in [-0.1, -0.05) is 0 Å². The maximum absolute atomic E-state index is 10.8. The fourth-order valence-electron chi connectivity index (χ4n) is 1.85. The lowest BCUT2D eigenvalue weighted by Crippen LogP contribution is -2.33. The van der Waals surface area contributed by atoms with Crippen molar-refractivity contribution in [3.8, 4) is 0 Å². The highest BCUT2D eigenvalue weighted by Gasteiger charge is 2.36. The Kier molecular flexibility index (Phi) is 4.10. The van der Waals surface area contributed by atoms with Gasteiger partial charge < -0.3 is 14.2 Å². The molecule has 4 nitrogen and oxygen atoms in total. The Labute approximate surface area is 100 Å². The van der Waals surface area contributed by atoms with E-state index < -0.39 is 0 Å². The van der Waals surface area contributed by atoms with E-state index in [1.807, 2.05) is 0 Å². The van der Waals surface area contributed by atoms with Crippen molar-refractivity contribution in [2.24, 2.45) is 0 Å². The topological polar surface area (TPSA) is 48.1 Å². The minimum Gasteiger partial charge on any atom is -0.462 e. The molecule has 2 saturated heterocycles. The quantitative estimate of drug-likeness (QED) is 0.556. The zero-order chi connectivity index (χ0) is 11.5. The molecule has 16 heavy (non-hydrogen) atoms. The Morgan fingerprint density at radius 3 is 2.94 bits per heavy atom. The Hall–Kier alpha value is -0.260. The van der Waals surface area contributed by atoms with Gasteiger partial charge in [0.25, 0.3) is 0 Å². The van der Waals surface area contributed by atoms with Crippen molar-refractivity contribution in [3.63, 3.8) is 0 Å². The van der Waals surface area contributed by atoms with Gasteiger partial charge in [0, 0.05) is 25.5 Å². The Bertz CT molecular complexity index is 258. The van der Waals surface area contributed by atoms with E-state index in [-0.39, 0.29) is 18.2 Å². The maximum Gasteiger partial charge on any atom is 0.302 e. The van der Waals surface area contributed by atoms with Crippen LogP contribution >= 0.6 is 11.8 Å². The van der Waals surface area contributed by atoms with Gasteiger partial charge in [-0.05, 0) is 6.92 Å². The predicted octanol–water partition coefficient (Wildman–Crippen LogP) is 1.58. The fourth-order valence-corrected chi connectivity index (χ4v) is 3.01. The van der Waals surface area contributed by atoms with E-state index >= 15 is 0 Å². The molecule has 92 valence electrons. The average molecular weight is 246 g/mol. The largest absolute Gasteiger partial charge is 0.462 e. The summed E-state index contributed by atoms with van der Waals surface area (Å²) >= 11 is 1.79. The van der Waals surface area contributed by atoms with Crippen LogP contribution < -0.4 is 0 Å². The van der Waals surface area contributed by atoms with Crippen LogP contribution in [0.2, 0.25) is 0 Å². The van der Waals surface area contributed by atoms with Crippen LogP contribution in [0.3, 0.4) is 0 Å². The number of epoxide rings is 1. The van der Waals surface area contributed by atoms with Crippen LogP contribution in [0, 0.1) is 0 Å². The van der Waals surface area contributed by atoms with Crippen LogP contribution in [0.5, 0.6) is 0 Å². The molecule has 2 aliphatic rings. The molecule has 2 heterocycles. The van der Waals surface area contributed by atoms with Crippen LogP contribution in [-0.4, -0.2) is 42.1 Å². The summed E-state index contributed by atoms with van der Waals surface area (Å²) in [6.07, 6.45) is 2.25. The molecule has 5 heteroatoms. The monoisotopic (exact) mass is 246 g/mol. The number of esters is 1. The van der Waals surface area contributed by atoms with Crippen molar-refractivity contribution in [1.29, 1.82) is 0 Å². The minimum absolute atomic E-state index is 0.0365. The maximum atomic E-state index is 10.8. The fraction of sp³-hybridized carbons (Fsp3) is 0.909. The SMILES string of the molecule is CC(=O)OC1CCOC(CSC2OC2C)C1. The first-order valence-corrected chi connectivity index (χ1v) is 6.76. The number of rotatable bonds is 4. The summed E-state index contributed by atoms with van der Waals surface area (Å²) in [6.45, 7) is 4.21. The van der Waals surface area contributed by atoms with Gasteiger partial charge >= 0.3 is 5.97 Å². The minimum atomic E-state index is -0.197. The molecular formula is C11H18O4S. The molecule has 0 radical (unpaired) electrons. The molecule has 2 aliphatic heterocycles. The summed E-state index contributed by atoms with van der Waals surface area (Å²) in [6, 6.07) is 0. The van der Waals surface area contributed by atoms with Gasteiger partial charge in [0.1, 0.15) is 11.5 Å². The molecule has 0 bridgehead atoms. The lowest BCUT2D eigenvalue weighted by Gasteiger charge is -2.28. The summed E-state index contributed by atoms with van der Waals surface area (Å²) in [7, 11) is 0. The third-order valence-corrected chi connectivity index (χ3v) is 4.14. The summed E-state index contributed by atoms with van der Waals surface area (Å²) in [4.78, 5) is 10.8. The second-order valence-electron chi connectivity index (χ2n) is 4.29. The molecule has 0 N–H and O–H groups in total. The van der Waals surface area contributed by atoms with Crippen LogP contribution in [0.4, 0.5) is 0 Å². The van der Waals surface area contributed by atoms with Crippen LogP contribution in [-0.2, 0) is 19.0 Å². The second-order valence-corrected chi connectivity index (χ2v) is 5.42. The molecule has 0 spiro atoms. The van der Waals surface area contributed by atoms with Crippen molar-refractivity contribution >= 4 is 17.7 Å². The molecule has 2 rings (SSSR count). The molecule has 0 aromatic heterocycles. The van der Waals surface area contributed by atoms with Gasteiger partial charge in [-0.2, -0.15) is 0 Å². The highest BCUT2D eigenvalue weighted by atomic mass is 32.2. The highest BCUT2D eigenvalue weighted by molar-refractivity contribution is 8.00. The Morgan fingerprint density at radius 2 is 2.31 bits per heavy atom. The summed E-state index contributed by atoms with van der Waals surface area (Å²) in [5, 5.41) is 0. The van der Waals surface area contributed by atoms with E-state index in [0.717, 1.165) is 18.6 Å². The van der Waals surface area contributed by atoms with Gasteiger partial charge in [0.15, 0.2) is 0 Å². The lowest BCUT2D eigenvalue weighted by molar-refractivity contribution is -0.152. The number of carbonyl (C=O) groups is 1. The molecule has 0 aromatic carbocycles. The first-order valence-electron chi connectivity index (χ1n) is 5.71. The van der Waals surface area contributed by atoms with Crippen molar-refractivity contribution < 1.29 is 19.0 Å². The number of ether oxygens (including phenoxy) is 3. The summed E-state index contributed by atoms with van der Waals surface area (Å²) in [5.74, 6) is 0.727. The van der Waals surface area contributed by atoms with Crippen LogP contribution in [0.15, 0.2) is 0 Å². The van der Waals surface area contributed by atoms with E-state index in [0.29, 0.717) is 18.1 Å². The number of hydrogen-bond acceptors (Lipinski definition) is 5. The smallest absolute Gasteiger partial charge is 0.302 e. The van der Waals surface area contributed by atoms with E-state index in [2.05, 4.69) is 6.92 Å². The third kappa shape index (κ3) is 3.64. The van der Waals surface area contributed by atoms with Crippen molar-refractivity contribution in [2.75, 3.05) is 12.4 Å². The molecule has 0 aliphatic carbocycles. The molecule has 0 aromatic rings. The molecule has 2 fully saturated rings. The zero-order valence-electron chi connectivity index (χ0n) is 9.68.